The number of aliphatic hydroxyl groups excluding tert-OH is 1. The zero-order valence-electron chi connectivity index (χ0n) is 10.7. The Kier molecular flexibility index (Phi) is 5.16. The first kappa shape index (κ1) is 14.3. The molecule has 0 bridgehead atoms. The molecule has 1 fully saturated rings. The molecule has 1 amide bonds. The quantitative estimate of drug-likeness (QED) is 0.840. The van der Waals surface area contributed by atoms with Crippen LogP contribution in [-0.2, 0) is 4.79 Å². The third-order valence-electron chi connectivity index (χ3n) is 3.32. The Labute approximate surface area is 121 Å². The van der Waals surface area contributed by atoms with Crippen LogP contribution in [0.3, 0.4) is 0 Å². The Bertz CT molecular complexity index is 465. The molecule has 4 heteroatoms. The van der Waals surface area contributed by atoms with E-state index in [0.717, 1.165) is 35.7 Å². The normalized spacial score (nSPS) is 23.5. The summed E-state index contributed by atoms with van der Waals surface area (Å²) in [4.78, 5) is 11.8. The first-order valence-corrected chi connectivity index (χ1v) is 7.35. The van der Waals surface area contributed by atoms with Gasteiger partial charge in [0.05, 0.1) is 6.10 Å². The minimum absolute atomic E-state index is 0.0682. The van der Waals surface area contributed by atoms with Crippen molar-refractivity contribution in [3.05, 3.63) is 40.4 Å². The summed E-state index contributed by atoms with van der Waals surface area (Å²) in [6, 6.07) is 7.99. The lowest BCUT2D eigenvalue weighted by Crippen LogP contribution is -2.37. The fourth-order valence-corrected chi connectivity index (χ4v) is 2.67. The highest BCUT2D eigenvalue weighted by molar-refractivity contribution is 9.10. The number of halogens is 1. The third kappa shape index (κ3) is 4.80. The molecule has 0 radical (unpaired) electrons. The van der Waals surface area contributed by atoms with Crippen LogP contribution in [0.15, 0.2) is 34.8 Å². The fraction of sp³-hybridized carbons (Fsp3) is 0.400. The molecule has 1 aliphatic carbocycles. The van der Waals surface area contributed by atoms with Gasteiger partial charge in [-0.25, -0.2) is 0 Å². The Hall–Kier alpha value is -1.13. The lowest BCUT2D eigenvalue weighted by Gasteiger charge is -2.25. The van der Waals surface area contributed by atoms with E-state index < -0.39 is 0 Å². The van der Waals surface area contributed by atoms with Crippen molar-refractivity contribution in [2.75, 3.05) is 0 Å². The van der Waals surface area contributed by atoms with E-state index in [1.54, 1.807) is 12.2 Å². The summed E-state index contributed by atoms with van der Waals surface area (Å²) in [6.07, 6.45) is 6.45. The van der Waals surface area contributed by atoms with Crippen LogP contribution < -0.4 is 5.32 Å². The summed E-state index contributed by atoms with van der Waals surface area (Å²) < 4.78 is 0.997. The van der Waals surface area contributed by atoms with Gasteiger partial charge in [0.25, 0.3) is 0 Å². The minimum Gasteiger partial charge on any atom is -0.393 e. The van der Waals surface area contributed by atoms with E-state index in [0.29, 0.717) is 0 Å². The maximum absolute atomic E-state index is 11.8. The molecule has 0 saturated heterocycles. The second-order valence-electron chi connectivity index (χ2n) is 4.90. The molecule has 0 unspecified atom stereocenters. The summed E-state index contributed by atoms with van der Waals surface area (Å²) in [7, 11) is 0. The summed E-state index contributed by atoms with van der Waals surface area (Å²) in [6.45, 7) is 0. The van der Waals surface area contributed by atoms with Crippen LogP contribution in [0.4, 0.5) is 0 Å². The van der Waals surface area contributed by atoms with Crippen molar-refractivity contribution >= 4 is 27.9 Å². The Balaban J connectivity index is 1.84. The number of hydrogen-bond acceptors (Lipinski definition) is 2. The van der Waals surface area contributed by atoms with Gasteiger partial charge in [-0.2, -0.15) is 0 Å². The van der Waals surface area contributed by atoms with Gasteiger partial charge in [-0.1, -0.05) is 28.1 Å². The van der Waals surface area contributed by atoms with Crippen LogP contribution in [0.25, 0.3) is 6.08 Å². The molecule has 102 valence electrons. The number of amides is 1. The molecule has 1 aromatic carbocycles. The monoisotopic (exact) mass is 323 g/mol. The molecular weight excluding hydrogens is 306 g/mol. The van der Waals surface area contributed by atoms with E-state index in [1.807, 2.05) is 24.3 Å². The molecule has 0 aromatic heterocycles. The predicted molar refractivity (Wildman–Crippen MR) is 79.6 cm³/mol. The first-order valence-electron chi connectivity index (χ1n) is 6.56. The molecule has 0 aliphatic heterocycles. The molecular formula is C15H18BrNO2. The average Bonchev–Trinajstić information content (AvgIpc) is 2.39. The average molecular weight is 324 g/mol. The maximum atomic E-state index is 11.8. The van der Waals surface area contributed by atoms with Crippen LogP contribution in [0, 0.1) is 0 Å². The zero-order chi connectivity index (χ0) is 13.7. The number of aliphatic hydroxyl groups is 1. The molecule has 1 aliphatic rings. The minimum atomic E-state index is -0.189. The second kappa shape index (κ2) is 6.87. The van der Waals surface area contributed by atoms with E-state index >= 15 is 0 Å². The van der Waals surface area contributed by atoms with Crippen LogP contribution >= 0.6 is 15.9 Å². The fourth-order valence-electron chi connectivity index (χ4n) is 2.25. The van der Waals surface area contributed by atoms with Crippen molar-refractivity contribution < 1.29 is 9.90 Å². The van der Waals surface area contributed by atoms with Gasteiger partial charge in [-0.05, 0) is 49.5 Å². The van der Waals surface area contributed by atoms with Gasteiger partial charge in [0, 0.05) is 16.6 Å². The second-order valence-corrected chi connectivity index (χ2v) is 5.82. The number of rotatable bonds is 3. The Morgan fingerprint density at radius 1 is 1.32 bits per heavy atom. The summed E-state index contributed by atoms with van der Waals surface area (Å²) >= 11 is 3.40. The number of carbonyl (C=O) groups excluding carboxylic acids is 1. The highest BCUT2D eigenvalue weighted by Crippen LogP contribution is 2.18. The summed E-state index contributed by atoms with van der Waals surface area (Å²) in [5.74, 6) is -0.0682. The van der Waals surface area contributed by atoms with Crippen LogP contribution in [-0.4, -0.2) is 23.2 Å². The van der Waals surface area contributed by atoms with Crippen molar-refractivity contribution in [2.45, 2.75) is 37.8 Å². The SMILES string of the molecule is O=C(/C=C/c1cccc(Br)c1)NC1CCC(O)CC1. The van der Waals surface area contributed by atoms with E-state index in [2.05, 4.69) is 21.2 Å². The molecule has 2 N–H and O–H groups in total. The zero-order valence-corrected chi connectivity index (χ0v) is 12.3. The maximum Gasteiger partial charge on any atom is 0.244 e. The largest absolute Gasteiger partial charge is 0.393 e. The van der Waals surface area contributed by atoms with E-state index in [-0.39, 0.29) is 18.1 Å². The van der Waals surface area contributed by atoms with Crippen LogP contribution in [0.2, 0.25) is 0 Å². The van der Waals surface area contributed by atoms with E-state index in [4.69, 9.17) is 0 Å². The van der Waals surface area contributed by atoms with Crippen molar-refractivity contribution in [1.29, 1.82) is 0 Å². The van der Waals surface area contributed by atoms with Gasteiger partial charge < -0.3 is 10.4 Å². The number of hydrogen-bond donors (Lipinski definition) is 2. The number of carbonyl (C=O) groups is 1. The lowest BCUT2D eigenvalue weighted by atomic mass is 9.93. The van der Waals surface area contributed by atoms with Gasteiger partial charge in [0.15, 0.2) is 0 Å². The molecule has 0 heterocycles. The molecule has 3 nitrogen and oxygen atoms in total. The van der Waals surface area contributed by atoms with E-state index in [1.165, 1.54) is 0 Å². The van der Waals surface area contributed by atoms with Crippen molar-refractivity contribution in [3.63, 3.8) is 0 Å². The summed E-state index contributed by atoms with van der Waals surface area (Å²) in [5, 5.41) is 12.4. The molecule has 1 aromatic rings. The van der Waals surface area contributed by atoms with Gasteiger partial charge in [0.2, 0.25) is 5.91 Å². The van der Waals surface area contributed by atoms with Crippen molar-refractivity contribution in [2.24, 2.45) is 0 Å². The topological polar surface area (TPSA) is 49.3 Å². The number of benzene rings is 1. The van der Waals surface area contributed by atoms with E-state index in [9.17, 15) is 9.90 Å². The predicted octanol–water partition coefficient (Wildman–Crippen LogP) is 2.88. The van der Waals surface area contributed by atoms with Gasteiger partial charge in [0.1, 0.15) is 0 Å². The smallest absolute Gasteiger partial charge is 0.244 e. The van der Waals surface area contributed by atoms with Crippen LogP contribution in [0.1, 0.15) is 31.2 Å². The molecule has 2 rings (SSSR count). The van der Waals surface area contributed by atoms with Crippen molar-refractivity contribution in [1.82, 2.24) is 5.32 Å². The van der Waals surface area contributed by atoms with Crippen LogP contribution in [0.5, 0.6) is 0 Å². The number of nitrogens with one attached hydrogen (secondary N) is 1. The Morgan fingerprint density at radius 2 is 2.05 bits per heavy atom. The lowest BCUT2D eigenvalue weighted by molar-refractivity contribution is -0.117. The molecule has 19 heavy (non-hydrogen) atoms. The van der Waals surface area contributed by atoms with Crippen molar-refractivity contribution in [3.8, 4) is 0 Å². The third-order valence-corrected chi connectivity index (χ3v) is 3.81. The molecule has 0 spiro atoms. The highest BCUT2D eigenvalue weighted by atomic mass is 79.9. The van der Waals surface area contributed by atoms with Gasteiger partial charge >= 0.3 is 0 Å². The first-order chi connectivity index (χ1) is 9.13. The Morgan fingerprint density at radius 3 is 2.74 bits per heavy atom. The summed E-state index contributed by atoms with van der Waals surface area (Å²) in [5.41, 5.74) is 0.989. The highest BCUT2D eigenvalue weighted by Gasteiger charge is 2.19. The van der Waals surface area contributed by atoms with Gasteiger partial charge in [-0.15, -0.1) is 0 Å². The van der Waals surface area contributed by atoms with Gasteiger partial charge in [-0.3, -0.25) is 4.79 Å². The standard InChI is InChI=1S/C15H18BrNO2/c16-12-3-1-2-11(10-12)4-9-15(19)17-13-5-7-14(18)8-6-13/h1-4,9-10,13-14,18H,5-8H2,(H,17,19)/b9-4+. The molecule has 0 atom stereocenters. The molecule has 1 saturated carbocycles.